The number of para-hydroxylation sites is 1. The topological polar surface area (TPSA) is 79.2 Å². The molecule has 2 aromatic heterocycles. The van der Waals surface area contributed by atoms with E-state index in [1.54, 1.807) is 17.2 Å². The van der Waals surface area contributed by atoms with Gasteiger partial charge in [0.2, 0.25) is 11.9 Å². The number of hydrogen-bond acceptors (Lipinski definition) is 6. The number of nitrogens with one attached hydrogen (secondary N) is 1. The van der Waals surface area contributed by atoms with Crippen LogP contribution in [0.25, 0.3) is 5.69 Å². The molecule has 1 saturated heterocycles. The Morgan fingerprint density at radius 1 is 1.06 bits per heavy atom. The van der Waals surface area contributed by atoms with Crippen LogP contribution >= 0.6 is 0 Å². The van der Waals surface area contributed by atoms with E-state index in [-0.39, 0.29) is 5.91 Å². The maximum atomic E-state index is 12.4. The summed E-state index contributed by atoms with van der Waals surface area (Å²) in [4.78, 5) is 25.6. The fourth-order valence-electron chi connectivity index (χ4n) is 3.69. The highest BCUT2D eigenvalue weighted by molar-refractivity contribution is 5.76. The van der Waals surface area contributed by atoms with E-state index >= 15 is 0 Å². The maximum absolute atomic E-state index is 12.4. The third-order valence-electron chi connectivity index (χ3n) is 5.27. The number of pyridine rings is 1. The molecule has 0 atom stereocenters. The van der Waals surface area contributed by atoms with Gasteiger partial charge in [0.1, 0.15) is 12.1 Å². The minimum absolute atomic E-state index is 0.250. The Morgan fingerprint density at radius 2 is 1.90 bits per heavy atom. The van der Waals surface area contributed by atoms with Gasteiger partial charge in [0.05, 0.1) is 5.69 Å². The first-order valence-electron chi connectivity index (χ1n) is 10.8. The number of rotatable bonds is 6. The minimum Gasteiger partial charge on any atom is -0.355 e. The van der Waals surface area contributed by atoms with Crippen molar-refractivity contribution >= 4 is 23.4 Å². The quantitative estimate of drug-likeness (QED) is 0.659. The number of benzene rings is 1. The Morgan fingerprint density at radius 3 is 2.71 bits per heavy atom. The lowest BCUT2D eigenvalue weighted by atomic mass is 10.1. The SMILES string of the molecule is CC(C)CC(=O)N1CCCN(c2cc(-n3cnc(Nc4ccccc4)n3)ccn2)CC1. The Labute approximate surface area is 182 Å². The number of aromatic nitrogens is 4. The average molecular weight is 420 g/mol. The van der Waals surface area contributed by atoms with Crippen LogP contribution in [0.3, 0.4) is 0 Å². The van der Waals surface area contributed by atoms with Crippen molar-refractivity contribution in [2.45, 2.75) is 26.7 Å². The fraction of sp³-hybridized carbons (Fsp3) is 0.391. The average Bonchev–Trinajstić information content (AvgIpc) is 3.08. The summed E-state index contributed by atoms with van der Waals surface area (Å²) >= 11 is 0. The second-order valence-corrected chi connectivity index (χ2v) is 8.20. The molecule has 3 heterocycles. The van der Waals surface area contributed by atoms with Crippen LogP contribution in [0.2, 0.25) is 0 Å². The van der Waals surface area contributed by atoms with Gasteiger partial charge in [-0.3, -0.25) is 4.79 Å². The summed E-state index contributed by atoms with van der Waals surface area (Å²) in [6.45, 7) is 7.36. The summed E-state index contributed by atoms with van der Waals surface area (Å²) in [5.41, 5.74) is 1.84. The van der Waals surface area contributed by atoms with E-state index in [1.807, 2.05) is 47.4 Å². The monoisotopic (exact) mass is 419 g/mol. The molecule has 1 aliphatic rings. The molecular weight excluding hydrogens is 390 g/mol. The molecule has 1 amide bonds. The molecule has 1 aliphatic heterocycles. The van der Waals surface area contributed by atoms with Crippen molar-refractivity contribution in [3.05, 3.63) is 55.0 Å². The first-order valence-corrected chi connectivity index (χ1v) is 10.8. The van der Waals surface area contributed by atoms with Crippen LogP contribution in [-0.4, -0.2) is 56.7 Å². The molecule has 8 heteroatoms. The maximum Gasteiger partial charge on any atom is 0.246 e. The Kier molecular flexibility index (Phi) is 6.45. The summed E-state index contributed by atoms with van der Waals surface area (Å²) in [5.74, 6) is 2.07. The second kappa shape index (κ2) is 9.59. The van der Waals surface area contributed by atoms with E-state index in [9.17, 15) is 4.79 Å². The van der Waals surface area contributed by atoms with Crippen molar-refractivity contribution < 1.29 is 4.79 Å². The minimum atomic E-state index is 0.250. The molecule has 0 spiro atoms. The summed E-state index contributed by atoms with van der Waals surface area (Å²) in [6.07, 6.45) is 5.03. The predicted molar refractivity (Wildman–Crippen MR) is 122 cm³/mol. The Balaban J connectivity index is 1.43. The number of nitrogens with zero attached hydrogens (tertiary/aromatic N) is 6. The molecule has 0 saturated carbocycles. The standard InChI is InChI=1S/C23H29N7O/c1-18(2)15-22(31)29-12-6-11-28(13-14-29)21-16-20(9-10-24-21)30-17-25-23(27-30)26-19-7-4-3-5-8-19/h3-5,7-10,16-18H,6,11-15H2,1-2H3,(H,26,27). The van der Waals surface area contributed by atoms with E-state index < -0.39 is 0 Å². The van der Waals surface area contributed by atoms with E-state index in [4.69, 9.17) is 0 Å². The van der Waals surface area contributed by atoms with Gasteiger partial charge >= 0.3 is 0 Å². The number of carbonyl (C=O) groups excluding carboxylic acids is 1. The molecule has 1 N–H and O–H groups in total. The van der Waals surface area contributed by atoms with Crippen LogP contribution < -0.4 is 10.2 Å². The number of amides is 1. The lowest BCUT2D eigenvalue weighted by Gasteiger charge is -2.23. The van der Waals surface area contributed by atoms with E-state index in [2.05, 4.69) is 39.1 Å². The van der Waals surface area contributed by atoms with Crippen LogP contribution in [0.5, 0.6) is 0 Å². The van der Waals surface area contributed by atoms with Gasteiger partial charge < -0.3 is 15.1 Å². The van der Waals surface area contributed by atoms with Gasteiger partial charge in [-0.2, -0.15) is 4.98 Å². The summed E-state index contributed by atoms with van der Waals surface area (Å²) < 4.78 is 1.74. The predicted octanol–water partition coefficient (Wildman–Crippen LogP) is 3.49. The van der Waals surface area contributed by atoms with Gasteiger partial charge in [0, 0.05) is 50.6 Å². The van der Waals surface area contributed by atoms with Crippen molar-refractivity contribution in [2.24, 2.45) is 5.92 Å². The summed E-state index contributed by atoms with van der Waals surface area (Å²) in [6, 6.07) is 13.8. The van der Waals surface area contributed by atoms with Gasteiger partial charge in [-0.15, -0.1) is 5.10 Å². The molecule has 0 aliphatic carbocycles. The second-order valence-electron chi connectivity index (χ2n) is 8.20. The molecule has 8 nitrogen and oxygen atoms in total. The van der Waals surface area contributed by atoms with Gasteiger partial charge in [-0.25, -0.2) is 9.67 Å². The third-order valence-corrected chi connectivity index (χ3v) is 5.27. The van der Waals surface area contributed by atoms with Crippen molar-refractivity contribution in [2.75, 3.05) is 36.4 Å². The number of carbonyl (C=O) groups is 1. The van der Waals surface area contributed by atoms with Crippen LogP contribution in [-0.2, 0) is 4.79 Å². The smallest absolute Gasteiger partial charge is 0.246 e. The molecule has 1 aromatic carbocycles. The normalized spacial score (nSPS) is 14.5. The fourth-order valence-corrected chi connectivity index (χ4v) is 3.69. The third kappa shape index (κ3) is 5.39. The van der Waals surface area contributed by atoms with Gasteiger partial charge in [0.15, 0.2) is 0 Å². The molecule has 3 aromatic rings. The molecule has 31 heavy (non-hydrogen) atoms. The van der Waals surface area contributed by atoms with Crippen LogP contribution in [0, 0.1) is 5.92 Å². The van der Waals surface area contributed by atoms with Crippen molar-refractivity contribution in [1.29, 1.82) is 0 Å². The molecule has 1 fully saturated rings. The van der Waals surface area contributed by atoms with E-state index in [0.717, 1.165) is 49.8 Å². The lowest BCUT2D eigenvalue weighted by Crippen LogP contribution is -2.35. The Hall–Kier alpha value is -3.42. The number of hydrogen-bond donors (Lipinski definition) is 1. The van der Waals surface area contributed by atoms with Crippen LogP contribution in [0.1, 0.15) is 26.7 Å². The van der Waals surface area contributed by atoms with Crippen LogP contribution in [0.15, 0.2) is 55.0 Å². The van der Waals surface area contributed by atoms with Crippen LogP contribution in [0.4, 0.5) is 17.5 Å². The zero-order valence-corrected chi connectivity index (χ0v) is 18.1. The zero-order chi connectivity index (χ0) is 21.6. The van der Waals surface area contributed by atoms with E-state index in [0.29, 0.717) is 18.3 Å². The van der Waals surface area contributed by atoms with Crippen molar-refractivity contribution in [3.8, 4) is 5.69 Å². The highest BCUT2D eigenvalue weighted by atomic mass is 16.2. The Bertz CT molecular complexity index is 1000. The van der Waals surface area contributed by atoms with Gasteiger partial charge in [-0.05, 0) is 30.5 Å². The zero-order valence-electron chi connectivity index (χ0n) is 18.1. The van der Waals surface area contributed by atoms with Crippen molar-refractivity contribution in [1.82, 2.24) is 24.6 Å². The summed E-state index contributed by atoms with van der Waals surface area (Å²) in [7, 11) is 0. The van der Waals surface area contributed by atoms with Gasteiger partial charge in [0.25, 0.3) is 0 Å². The van der Waals surface area contributed by atoms with Gasteiger partial charge in [-0.1, -0.05) is 32.0 Å². The largest absolute Gasteiger partial charge is 0.355 e. The first kappa shape index (κ1) is 20.8. The first-order chi connectivity index (χ1) is 15.1. The molecule has 0 unspecified atom stereocenters. The number of anilines is 3. The molecule has 0 radical (unpaired) electrons. The molecular formula is C23H29N7O. The molecule has 4 rings (SSSR count). The van der Waals surface area contributed by atoms with Crippen molar-refractivity contribution in [3.63, 3.8) is 0 Å². The highest BCUT2D eigenvalue weighted by Gasteiger charge is 2.20. The lowest BCUT2D eigenvalue weighted by molar-refractivity contribution is -0.131. The molecule has 0 bridgehead atoms. The van der Waals surface area contributed by atoms with E-state index in [1.165, 1.54) is 0 Å². The highest BCUT2D eigenvalue weighted by Crippen LogP contribution is 2.19. The summed E-state index contributed by atoms with van der Waals surface area (Å²) in [5, 5.41) is 7.74. The molecule has 162 valence electrons.